The van der Waals surface area contributed by atoms with Gasteiger partial charge in [0.2, 0.25) is 0 Å². The van der Waals surface area contributed by atoms with Gasteiger partial charge in [0, 0.05) is 0 Å². The molecule has 0 radical (unpaired) electrons. The number of esters is 2. The van der Waals surface area contributed by atoms with E-state index in [1.165, 1.54) is 38.1 Å². The molecule has 1 aliphatic rings. The lowest BCUT2D eigenvalue weighted by molar-refractivity contribution is -0.187. The van der Waals surface area contributed by atoms with Gasteiger partial charge in [-0.05, 0) is 62.8 Å². The Hall–Kier alpha value is -2.51. The van der Waals surface area contributed by atoms with Crippen LogP contribution in [-0.2, 0) is 14.3 Å². The fraction of sp³-hybridized carbons (Fsp3) is 0.571. The molecule has 0 bridgehead atoms. The van der Waals surface area contributed by atoms with E-state index in [1.807, 2.05) is 6.92 Å². The van der Waals surface area contributed by atoms with Crippen molar-refractivity contribution in [2.75, 3.05) is 0 Å². The van der Waals surface area contributed by atoms with Crippen LogP contribution in [0.5, 0.6) is 0 Å². The van der Waals surface area contributed by atoms with E-state index in [4.69, 9.17) is 14.6 Å². The first-order chi connectivity index (χ1) is 13.5. The van der Waals surface area contributed by atoms with Gasteiger partial charge in [0.05, 0.1) is 11.1 Å². The van der Waals surface area contributed by atoms with Crippen LogP contribution in [0.2, 0.25) is 0 Å². The molecule has 1 saturated carbocycles. The van der Waals surface area contributed by atoms with Crippen molar-refractivity contribution in [1.82, 2.24) is 0 Å². The first-order valence-corrected chi connectivity index (χ1v) is 9.62. The Morgan fingerprint density at radius 1 is 1.00 bits per heavy atom. The zero-order valence-corrected chi connectivity index (χ0v) is 16.7. The van der Waals surface area contributed by atoms with Crippen molar-refractivity contribution in [3.63, 3.8) is 0 Å². The summed E-state index contributed by atoms with van der Waals surface area (Å²) in [5, 5.41) is 8.70. The van der Waals surface area contributed by atoms with Gasteiger partial charge in [-0.15, -0.1) is 0 Å². The van der Waals surface area contributed by atoms with E-state index in [9.17, 15) is 23.2 Å². The van der Waals surface area contributed by atoms with Gasteiger partial charge in [0.15, 0.2) is 6.10 Å². The average molecular weight is 412 g/mol. The highest BCUT2D eigenvalue weighted by atomic mass is 19.3. The van der Waals surface area contributed by atoms with Crippen molar-refractivity contribution >= 4 is 17.9 Å². The summed E-state index contributed by atoms with van der Waals surface area (Å²) in [6.45, 7) is 4.56. The lowest BCUT2D eigenvalue weighted by Gasteiger charge is -2.33. The van der Waals surface area contributed by atoms with Crippen LogP contribution in [0.4, 0.5) is 8.78 Å². The number of carboxylic acids is 1. The Morgan fingerprint density at radius 2 is 1.48 bits per heavy atom. The summed E-state index contributed by atoms with van der Waals surface area (Å²) in [4.78, 5) is 35.4. The molecule has 0 aliphatic heterocycles. The number of hydrogen-bond acceptors (Lipinski definition) is 5. The zero-order valence-electron chi connectivity index (χ0n) is 16.7. The van der Waals surface area contributed by atoms with Crippen molar-refractivity contribution in [3.8, 4) is 0 Å². The summed E-state index contributed by atoms with van der Waals surface area (Å²) in [5.41, 5.74) is -0.360. The fourth-order valence-electron chi connectivity index (χ4n) is 3.36. The quantitative estimate of drug-likeness (QED) is 0.665. The second-order valence-electron chi connectivity index (χ2n) is 7.98. The van der Waals surface area contributed by atoms with Crippen LogP contribution in [-0.4, -0.2) is 40.6 Å². The summed E-state index contributed by atoms with van der Waals surface area (Å²) in [6.07, 6.45) is 2.56. The standard InChI is InChI=1S/C21H26F2O6/c1-13(2)16(21(22,23)19(26)27)28-17(24)14-7-9-15(10-8-14)18(25)29-20(3)11-5-4-6-12-20/h7-10,13,16H,4-6,11-12H2,1-3H3,(H,26,27). The minimum atomic E-state index is -4.22. The monoisotopic (exact) mass is 412 g/mol. The highest BCUT2D eigenvalue weighted by molar-refractivity contribution is 5.93. The molecule has 1 N–H and O–H groups in total. The Bertz CT molecular complexity index is 751. The number of ether oxygens (including phenoxy) is 2. The van der Waals surface area contributed by atoms with Crippen LogP contribution in [0.1, 0.15) is 73.6 Å². The first-order valence-electron chi connectivity index (χ1n) is 9.62. The summed E-state index contributed by atoms with van der Waals surface area (Å²) in [7, 11) is 0. The van der Waals surface area contributed by atoms with Crippen LogP contribution in [0.3, 0.4) is 0 Å². The largest absolute Gasteiger partial charge is 0.477 e. The van der Waals surface area contributed by atoms with Gasteiger partial charge >= 0.3 is 23.8 Å². The number of alkyl halides is 2. The highest BCUT2D eigenvalue weighted by Crippen LogP contribution is 2.32. The molecule has 1 unspecified atom stereocenters. The zero-order chi connectivity index (χ0) is 21.8. The van der Waals surface area contributed by atoms with Crippen molar-refractivity contribution in [1.29, 1.82) is 0 Å². The predicted octanol–water partition coefficient (Wildman–Crippen LogP) is 4.47. The molecule has 0 amide bonds. The molecule has 29 heavy (non-hydrogen) atoms. The molecule has 6 nitrogen and oxygen atoms in total. The van der Waals surface area contributed by atoms with Crippen molar-refractivity contribution in [2.45, 2.75) is 70.5 Å². The Morgan fingerprint density at radius 3 is 1.93 bits per heavy atom. The van der Waals surface area contributed by atoms with Crippen molar-refractivity contribution in [2.24, 2.45) is 5.92 Å². The van der Waals surface area contributed by atoms with E-state index in [0.29, 0.717) is 0 Å². The molecule has 1 aromatic rings. The molecule has 160 valence electrons. The number of carbonyl (C=O) groups is 3. The van der Waals surface area contributed by atoms with Gasteiger partial charge in [-0.3, -0.25) is 0 Å². The predicted molar refractivity (Wildman–Crippen MR) is 100.0 cm³/mol. The van der Waals surface area contributed by atoms with Gasteiger partial charge in [0.25, 0.3) is 0 Å². The highest BCUT2D eigenvalue weighted by Gasteiger charge is 2.51. The molecule has 1 atom stereocenters. The van der Waals surface area contributed by atoms with Gasteiger partial charge < -0.3 is 14.6 Å². The Labute approximate surface area is 168 Å². The molecular weight excluding hydrogens is 386 g/mol. The SMILES string of the molecule is CC(C)C(OC(=O)c1ccc(C(=O)OC2(C)CCCCC2)cc1)C(F)(F)C(=O)O. The van der Waals surface area contributed by atoms with E-state index >= 15 is 0 Å². The molecule has 0 heterocycles. The average Bonchev–Trinajstić information content (AvgIpc) is 2.65. The molecule has 0 spiro atoms. The molecule has 1 fully saturated rings. The van der Waals surface area contributed by atoms with E-state index < -0.39 is 41.5 Å². The number of carboxylic acid groups (broad SMARTS) is 1. The second-order valence-corrected chi connectivity index (χ2v) is 7.98. The van der Waals surface area contributed by atoms with E-state index in [-0.39, 0.29) is 11.1 Å². The van der Waals surface area contributed by atoms with E-state index in [1.54, 1.807) is 0 Å². The number of rotatable bonds is 7. The third-order valence-electron chi connectivity index (χ3n) is 5.09. The Kier molecular flexibility index (Phi) is 6.97. The normalized spacial score (nSPS) is 17.4. The molecule has 2 rings (SSSR count). The molecular formula is C21H26F2O6. The van der Waals surface area contributed by atoms with Gasteiger partial charge in [0.1, 0.15) is 5.60 Å². The van der Waals surface area contributed by atoms with Crippen molar-refractivity contribution < 1.29 is 37.7 Å². The lowest BCUT2D eigenvalue weighted by Crippen LogP contribution is -2.47. The maximum Gasteiger partial charge on any atom is 0.378 e. The number of benzene rings is 1. The van der Waals surface area contributed by atoms with Crippen LogP contribution in [0, 0.1) is 5.92 Å². The maximum absolute atomic E-state index is 13.8. The minimum absolute atomic E-state index is 0.0720. The molecule has 0 saturated heterocycles. The first kappa shape index (κ1) is 22.8. The summed E-state index contributed by atoms with van der Waals surface area (Å²) >= 11 is 0. The van der Waals surface area contributed by atoms with Crippen LogP contribution < -0.4 is 0 Å². The third kappa shape index (κ3) is 5.52. The van der Waals surface area contributed by atoms with Gasteiger partial charge in [-0.2, -0.15) is 8.78 Å². The second kappa shape index (κ2) is 8.88. The van der Waals surface area contributed by atoms with E-state index in [0.717, 1.165) is 32.1 Å². The summed E-state index contributed by atoms with van der Waals surface area (Å²) in [5.74, 6) is -9.12. The summed E-state index contributed by atoms with van der Waals surface area (Å²) < 4.78 is 38.0. The topological polar surface area (TPSA) is 89.9 Å². The number of carbonyl (C=O) groups excluding carboxylic acids is 2. The number of hydrogen-bond donors (Lipinski definition) is 1. The van der Waals surface area contributed by atoms with Crippen LogP contribution in [0.15, 0.2) is 24.3 Å². The Balaban J connectivity index is 2.07. The van der Waals surface area contributed by atoms with Crippen molar-refractivity contribution in [3.05, 3.63) is 35.4 Å². The maximum atomic E-state index is 13.8. The van der Waals surface area contributed by atoms with Crippen LogP contribution >= 0.6 is 0 Å². The molecule has 8 heteroatoms. The summed E-state index contributed by atoms with van der Waals surface area (Å²) in [6, 6.07) is 5.23. The molecule has 0 aromatic heterocycles. The van der Waals surface area contributed by atoms with Crippen LogP contribution in [0.25, 0.3) is 0 Å². The van der Waals surface area contributed by atoms with Gasteiger partial charge in [-0.1, -0.05) is 20.3 Å². The van der Waals surface area contributed by atoms with E-state index in [2.05, 4.69) is 0 Å². The lowest BCUT2D eigenvalue weighted by atomic mass is 9.86. The number of aliphatic carboxylic acids is 1. The fourth-order valence-corrected chi connectivity index (χ4v) is 3.36. The minimum Gasteiger partial charge on any atom is -0.477 e. The third-order valence-corrected chi connectivity index (χ3v) is 5.09. The molecule has 1 aliphatic carbocycles. The number of halogens is 2. The van der Waals surface area contributed by atoms with Gasteiger partial charge in [-0.25, -0.2) is 14.4 Å². The molecule has 1 aromatic carbocycles. The smallest absolute Gasteiger partial charge is 0.378 e.